The van der Waals surface area contributed by atoms with E-state index in [1.807, 2.05) is 30.3 Å². The fourth-order valence-corrected chi connectivity index (χ4v) is 1.33. The second-order valence-corrected chi connectivity index (χ2v) is 3.34. The van der Waals surface area contributed by atoms with Crippen molar-refractivity contribution in [3.05, 3.63) is 36.2 Å². The van der Waals surface area contributed by atoms with Crippen LogP contribution in [0.25, 0.3) is 11.4 Å². The standard InChI is InChI=1S/C11H14N4O/c12-6-7-13-8-10-14-11(15-16-10)9-4-2-1-3-5-9/h1-5,13H,6-8,12H2. The van der Waals surface area contributed by atoms with Gasteiger partial charge in [-0.1, -0.05) is 35.5 Å². The number of nitrogens with zero attached hydrogens (tertiary/aromatic N) is 2. The van der Waals surface area contributed by atoms with Crippen LogP contribution in [-0.2, 0) is 6.54 Å². The number of hydrogen-bond acceptors (Lipinski definition) is 5. The van der Waals surface area contributed by atoms with Crippen LogP contribution in [0.5, 0.6) is 0 Å². The van der Waals surface area contributed by atoms with Crippen LogP contribution in [0.1, 0.15) is 5.89 Å². The van der Waals surface area contributed by atoms with E-state index in [0.29, 0.717) is 24.8 Å². The zero-order chi connectivity index (χ0) is 11.2. The van der Waals surface area contributed by atoms with Crippen molar-refractivity contribution < 1.29 is 4.52 Å². The number of aromatic nitrogens is 2. The van der Waals surface area contributed by atoms with E-state index in [0.717, 1.165) is 12.1 Å². The maximum Gasteiger partial charge on any atom is 0.240 e. The fraction of sp³-hybridized carbons (Fsp3) is 0.273. The molecule has 0 aliphatic rings. The summed E-state index contributed by atoms with van der Waals surface area (Å²) < 4.78 is 5.10. The normalized spacial score (nSPS) is 10.6. The Labute approximate surface area is 93.7 Å². The summed E-state index contributed by atoms with van der Waals surface area (Å²) in [6, 6.07) is 9.73. The Morgan fingerprint density at radius 1 is 1.25 bits per heavy atom. The summed E-state index contributed by atoms with van der Waals surface area (Å²) in [5.74, 6) is 1.19. The van der Waals surface area contributed by atoms with Crippen molar-refractivity contribution in [3.63, 3.8) is 0 Å². The average Bonchev–Trinajstić information content (AvgIpc) is 2.79. The van der Waals surface area contributed by atoms with Gasteiger partial charge in [-0.05, 0) is 0 Å². The van der Waals surface area contributed by atoms with Gasteiger partial charge < -0.3 is 15.6 Å². The molecule has 84 valence electrons. The van der Waals surface area contributed by atoms with E-state index in [1.165, 1.54) is 0 Å². The maximum absolute atomic E-state index is 5.36. The minimum atomic E-state index is 0.553. The SMILES string of the molecule is NCCNCc1nc(-c2ccccc2)no1. The molecule has 0 saturated carbocycles. The van der Waals surface area contributed by atoms with Crippen LogP contribution in [0, 0.1) is 0 Å². The Morgan fingerprint density at radius 3 is 2.81 bits per heavy atom. The lowest BCUT2D eigenvalue weighted by atomic mass is 10.2. The number of hydrogen-bond donors (Lipinski definition) is 2. The Kier molecular flexibility index (Phi) is 3.63. The van der Waals surface area contributed by atoms with Crippen LogP contribution < -0.4 is 11.1 Å². The highest BCUT2D eigenvalue weighted by molar-refractivity contribution is 5.53. The second-order valence-electron chi connectivity index (χ2n) is 3.34. The minimum Gasteiger partial charge on any atom is -0.338 e. The molecule has 0 amide bonds. The molecule has 0 radical (unpaired) electrons. The van der Waals surface area contributed by atoms with Crippen LogP contribution in [0.2, 0.25) is 0 Å². The summed E-state index contributed by atoms with van der Waals surface area (Å²) in [5.41, 5.74) is 6.31. The first-order valence-electron chi connectivity index (χ1n) is 5.19. The van der Waals surface area contributed by atoms with Gasteiger partial charge in [0.25, 0.3) is 0 Å². The Balaban J connectivity index is 2.02. The molecular formula is C11H14N4O. The van der Waals surface area contributed by atoms with Crippen molar-refractivity contribution in [3.8, 4) is 11.4 Å². The first-order chi connectivity index (χ1) is 7.90. The highest BCUT2D eigenvalue weighted by Gasteiger charge is 2.06. The van der Waals surface area contributed by atoms with Gasteiger partial charge in [-0.3, -0.25) is 0 Å². The third-order valence-corrected chi connectivity index (χ3v) is 2.10. The van der Waals surface area contributed by atoms with Crippen molar-refractivity contribution in [1.82, 2.24) is 15.5 Å². The van der Waals surface area contributed by atoms with Crippen molar-refractivity contribution in [2.24, 2.45) is 5.73 Å². The van der Waals surface area contributed by atoms with Crippen LogP contribution in [-0.4, -0.2) is 23.2 Å². The topological polar surface area (TPSA) is 77.0 Å². The smallest absolute Gasteiger partial charge is 0.240 e. The highest BCUT2D eigenvalue weighted by atomic mass is 16.5. The van der Waals surface area contributed by atoms with Gasteiger partial charge in [0.2, 0.25) is 11.7 Å². The lowest BCUT2D eigenvalue weighted by Gasteiger charge is -1.95. The first-order valence-corrected chi connectivity index (χ1v) is 5.19. The summed E-state index contributed by atoms with van der Waals surface area (Å²) in [6.45, 7) is 1.89. The minimum absolute atomic E-state index is 0.553. The Bertz CT molecular complexity index is 427. The van der Waals surface area contributed by atoms with Gasteiger partial charge in [0.15, 0.2) is 0 Å². The van der Waals surface area contributed by atoms with Crippen LogP contribution in [0.15, 0.2) is 34.9 Å². The van der Waals surface area contributed by atoms with E-state index in [-0.39, 0.29) is 0 Å². The first kappa shape index (κ1) is 10.8. The molecule has 2 rings (SSSR count). The molecule has 1 aromatic heterocycles. The fourth-order valence-electron chi connectivity index (χ4n) is 1.33. The van der Waals surface area contributed by atoms with Crippen molar-refractivity contribution in [2.45, 2.75) is 6.54 Å². The zero-order valence-electron chi connectivity index (χ0n) is 8.89. The predicted molar refractivity (Wildman–Crippen MR) is 60.5 cm³/mol. The zero-order valence-corrected chi connectivity index (χ0v) is 8.89. The molecule has 5 heteroatoms. The summed E-state index contributed by atoms with van der Waals surface area (Å²) in [6.07, 6.45) is 0. The molecule has 0 unspecified atom stereocenters. The van der Waals surface area contributed by atoms with E-state index in [1.54, 1.807) is 0 Å². The molecule has 1 aromatic carbocycles. The van der Waals surface area contributed by atoms with Crippen LogP contribution in [0.4, 0.5) is 0 Å². The quantitative estimate of drug-likeness (QED) is 0.725. The van der Waals surface area contributed by atoms with Gasteiger partial charge >= 0.3 is 0 Å². The molecule has 0 aliphatic carbocycles. The molecule has 0 atom stereocenters. The van der Waals surface area contributed by atoms with Gasteiger partial charge in [0.1, 0.15) is 0 Å². The lowest BCUT2D eigenvalue weighted by molar-refractivity contribution is 0.368. The van der Waals surface area contributed by atoms with Crippen molar-refractivity contribution >= 4 is 0 Å². The van der Waals surface area contributed by atoms with E-state index in [9.17, 15) is 0 Å². The Morgan fingerprint density at radius 2 is 2.06 bits per heavy atom. The van der Waals surface area contributed by atoms with E-state index in [4.69, 9.17) is 10.3 Å². The molecule has 0 spiro atoms. The van der Waals surface area contributed by atoms with E-state index in [2.05, 4.69) is 15.5 Å². The molecule has 1 heterocycles. The van der Waals surface area contributed by atoms with Crippen molar-refractivity contribution in [1.29, 1.82) is 0 Å². The number of benzene rings is 1. The molecule has 2 aromatic rings. The van der Waals surface area contributed by atoms with E-state index < -0.39 is 0 Å². The summed E-state index contributed by atoms with van der Waals surface area (Å²) >= 11 is 0. The van der Waals surface area contributed by atoms with Gasteiger partial charge in [0, 0.05) is 18.7 Å². The molecule has 16 heavy (non-hydrogen) atoms. The average molecular weight is 218 g/mol. The number of nitrogens with one attached hydrogen (secondary N) is 1. The maximum atomic E-state index is 5.36. The van der Waals surface area contributed by atoms with E-state index >= 15 is 0 Å². The largest absolute Gasteiger partial charge is 0.338 e. The van der Waals surface area contributed by atoms with Crippen LogP contribution in [0.3, 0.4) is 0 Å². The molecule has 0 fully saturated rings. The molecular weight excluding hydrogens is 204 g/mol. The molecule has 0 bridgehead atoms. The summed E-state index contributed by atoms with van der Waals surface area (Å²) in [5, 5.41) is 7.00. The summed E-state index contributed by atoms with van der Waals surface area (Å²) in [4.78, 5) is 4.27. The van der Waals surface area contributed by atoms with Crippen molar-refractivity contribution in [2.75, 3.05) is 13.1 Å². The third kappa shape index (κ3) is 2.65. The van der Waals surface area contributed by atoms with Gasteiger partial charge in [-0.2, -0.15) is 4.98 Å². The van der Waals surface area contributed by atoms with Gasteiger partial charge in [-0.25, -0.2) is 0 Å². The number of nitrogens with two attached hydrogens (primary N) is 1. The lowest BCUT2D eigenvalue weighted by Crippen LogP contribution is -2.21. The third-order valence-electron chi connectivity index (χ3n) is 2.10. The highest BCUT2D eigenvalue weighted by Crippen LogP contribution is 2.14. The predicted octanol–water partition coefficient (Wildman–Crippen LogP) is 0.785. The second kappa shape index (κ2) is 5.39. The molecule has 3 N–H and O–H groups in total. The summed E-state index contributed by atoms with van der Waals surface area (Å²) in [7, 11) is 0. The number of rotatable bonds is 5. The van der Waals surface area contributed by atoms with Gasteiger partial charge in [-0.15, -0.1) is 0 Å². The Hall–Kier alpha value is -1.72. The molecule has 0 aliphatic heterocycles. The molecule has 5 nitrogen and oxygen atoms in total. The monoisotopic (exact) mass is 218 g/mol. The van der Waals surface area contributed by atoms with Gasteiger partial charge in [0.05, 0.1) is 6.54 Å². The molecule has 0 saturated heterocycles. The van der Waals surface area contributed by atoms with Crippen LogP contribution >= 0.6 is 0 Å².